The summed E-state index contributed by atoms with van der Waals surface area (Å²) in [4.78, 5) is 22.7. The topological polar surface area (TPSA) is 105 Å². The van der Waals surface area contributed by atoms with E-state index < -0.39 is 20.0 Å². The molecule has 278 valence electrons. The standard InChI is InChI=1S/C39H71N2O6P/c1-6-8-10-11-12-13-14-15-16-17-18-19-20-21-22-23-24-25-26-27-28-29-31-33-39(43)40-37(38(42)32-30-9-7-2)36-47-48(44,45)46-35-34-41(3,4)5/h8,10,12-13,15-16,18-19,21-22,37-38,42H,6-7,9,11,14,17,20,23-36H2,1-5H3,(H-,40,43,44,45)/p+1/b10-8-,13-12-,16-15-,19-18-,22-21-. The zero-order chi connectivity index (χ0) is 35.8. The second-order valence-electron chi connectivity index (χ2n) is 13.6. The first-order chi connectivity index (χ1) is 23.0. The van der Waals surface area contributed by atoms with Gasteiger partial charge in [-0.15, -0.1) is 0 Å². The highest BCUT2D eigenvalue weighted by Gasteiger charge is 2.28. The molecule has 1 amide bonds. The quantitative estimate of drug-likeness (QED) is 0.0280. The number of nitrogens with zero attached hydrogens (tertiary/aromatic N) is 1. The molecule has 48 heavy (non-hydrogen) atoms. The molecule has 0 aliphatic heterocycles. The van der Waals surface area contributed by atoms with Gasteiger partial charge in [-0.1, -0.05) is 126 Å². The van der Waals surface area contributed by atoms with Crippen LogP contribution in [0.25, 0.3) is 0 Å². The third-order valence-corrected chi connectivity index (χ3v) is 8.76. The summed E-state index contributed by atoms with van der Waals surface area (Å²) in [5.74, 6) is -0.172. The minimum Gasteiger partial charge on any atom is -0.391 e. The normalized spacial score (nSPS) is 15.4. The van der Waals surface area contributed by atoms with Gasteiger partial charge in [0.15, 0.2) is 0 Å². The smallest absolute Gasteiger partial charge is 0.391 e. The van der Waals surface area contributed by atoms with Crippen molar-refractivity contribution < 1.29 is 32.9 Å². The van der Waals surface area contributed by atoms with Gasteiger partial charge in [-0.25, -0.2) is 4.57 Å². The first-order valence-electron chi connectivity index (χ1n) is 18.7. The summed E-state index contributed by atoms with van der Waals surface area (Å²) in [5, 5.41) is 13.5. The van der Waals surface area contributed by atoms with Gasteiger partial charge < -0.3 is 19.8 Å². The molecule has 3 atom stereocenters. The second-order valence-corrected chi connectivity index (χ2v) is 15.0. The van der Waals surface area contributed by atoms with Crippen molar-refractivity contribution in [2.75, 3.05) is 40.9 Å². The lowest BCUT2D eigenvalue weighted by atomic mass is 10.0. The Morgan fingerprint density at radius 3 is 1.79 bits per heavy atom. The largest absolute Gasteiger partial charge is 0.472 e. The number of aliphatic hydroxyl groups is 1. The van der Waals surface area contributed by atoms with E-state index >= 15 is 0 Å². The van der Waals surface area contributed by atoms with Crippen LogP contribution in [0.2, 0.25) is 0 Å². The van der Waals surface area contributed by atoms with Crippen molar-refractivity contribution in [3.8, 4) is 0 Å². The van der Waals surface area contributed by atoms with Crippen molar-refractivity contribution >= 4 is 13.7 Å². The molecular formula is C39H72N2O6P+. The third kappa shape index (κ3) is 32.7. The number of likely N-dealkylation sites (N-methyl/N-ethyl adjacent to an activating group) is 1. The van der Waals surface area contributed by atoms with Gasteiger partial charge in [0.1, 0.15) is 13.2 Å². The summed E-state index contributed by atoms with van der Waals surface area (Å²) in [5.41, 5.74) is 0. The highest BCUT2D eigenvalue weighted by molar-refractivity contribution is 7.47. The first-order valence-corrected chi connectivity index (χ1v) is 20.1. The average Bonchev–Trinajstić information content (AvgIpc) is 3.02. The van der Waals surface area contributed by atoms with E-state index in [1.165, 1.54) is 25.7 Å². The van der Waals surface area contributed by atoms with Gasteiger partial charge in [-0.05, 0) is 57.8 Å². The average molecular weight is 696 g/mol. The van der Waals surface area contributed by atoms with E-state index in [0.29, 0.717) is 23.9 Å². The van der Waals surface area contributed by atoms with E-state index in [1.807, 2.05) is 21.1 Å². The van der Waals surface area contributed by atoms with Gasteiger partial charge in [0.05, 0.1) is 39.9 Å². The fraction of sp³-hybridized carbons (Fsp3) is 0.718. The molecule has 3 N–H and O–H groups in total. The number of aliphatic hydroxyl groups excluding tert-OH is 1. The van der Waals surface area contributed by atoms with Crippen molar-refractivity contribution in [3.05, 3.63) is 60.8 Å². The number of unbranched alkanes of at least 4 members (excludes halogenated alkanes) is 9. The van der Waals surface area contributed by atoms with Crippen LogP contribution in [-0.2, 0) is 18.4 Å². The number of quaternary nitrogens is 1. The van der Waals surface area contributed by atoms with Crippen LogP contribution >= 0.6 is 7.82 Å². The molecule has 0 bridgehead atoms. The summed E-state index contributed by atoms with van der Waals surface area (Å²) in [7, 11) is 1.58. The minimum atomic E-state index is -4.29. The Balaban J connectivity index is 4.09. The van der Waals surface area contributed by atoms with Crippen molar-refractivity contribution in [3.63, 3.8) is 0 Å². The van der Waals surface area contributed by atoms with Crippen LogP contribution in [-0.4, -0.2) is 73.4 Å². The zero-order valence-corrected chi connectivity index (χ0v) is 32.1. The highest BCUT2D eigenvalue weighted by Crippen LogP contribution is 2.43. The van der Waals surface area contributed by atoms with Gasteiger partial charge in [0.25, 0.3) is 0 Å². The number of phosphoric ester groups is 1. The molecular weight excluding hydrogens is 623 g/mol. The van der Waals surface area contributed by atoms with Crippen molar-refractivity contribution in [2.24, 2.45) is 0 Å². The molecule has 0 radical (unpaired) electrons. The third-order valence-electron chi connectivity index (χ3n) is 7.78. The number of amides is 1. The molecule has 0 heterocycles. The summed E-state index contributed by atoms with van der Waals surface area (Å²) in [6, 6.07) is -0.764. The van der Waals surface area contributed by atoms with Gasteiger partial charge in [-0.3, -0.25) is 13.8 Å². The molecule has 0 spiro atoms. The van der Waals surface area contributed by atoms with Crippen molar-refractivity contribution in [1.82, 2.24) is 5.32 Å². The van der Waals surface area contributed by atoms with Crippen molar-refractivity contribution in [1.29, 1.82) is 0 Å². The van der Waals surface area contributed by atoms with E-state index in [2.05, 4.69) is 79.9 Å². The molecule has 9 heteroatoms. The zero-order valence-electron chi connectivity index (χ0n) is 31.2. The predicted octanol–water partition coefficient (Wildman–Crippen LogP) is 9.51. The number of carbonyl (C=O) groups is 1. The molecule has 0 aromatic carbocycles. The Morgan fingerprint density at radius 1 is 0.729 bits per heavy atom. The maximum absolute atomic E-state index is 12.7. The molecule has 0 aliphatic carbocycles. The lowest BCUT2D eigenvalue weighted by Crippen LogP contribution is -2.46. The van der Waals surface area contributed by atoms with Crippen LogP contribution in [0.15, 0.2) is 60.8 Å². The van der Waals surface area contributed by atoms with E-state index in [1.54, 1.807) is 0 Å². The Morgan fingerprint density at radius 2 is 1.25 bits per heavy atom. The molecule has 0 aliphatic rings. The molecule has 0 saturated carbocycles. The summed E-state index contributed by atoms with van der Waals surface area (Å²) < 4.78 is 23.2. The van der Waals surface area contributed by atoms with Gasteiger partial charge in [-0.2, -0.15) is 0 Å². The molecule has 0 rings (SSSR count). The number of allylic oxidation sites excluding steroid dienone is 10. The van der Waals surface area contributed by atoms with Crippen LogP contribution < -0.4 is 5.32 Å². The Labute approximate surface area is 294 Å². The summed E-state index contributed by atoms with van der Waals surface area (Å²) in [6.45, 7) is 4.56. The summed E-state index contributed by atoms with van der Waals surface area (Å²) in [6.07, 6.45) is 38.9. The number of hydrogen-bond donors (Lipinski definition) is 3. The fourth-order valence-corrected chi connectivity index (χ4v) is 5.51. The molecule has 0 fully saturated rings. The van der Waals surface area contributed by atoms with E-state index in [9.17, 15) is 19.4 Å². The van der Waals surface area contributed by atoms with E-state index in [4.69, 9.17) is 9.05 Å². The fourth-order valence-electron chi connectivity index (χ4n) is 4.77. The molecule has 8 nitrogen and oxygen atoms in total. The molecule has 0 saturated heterocycles. The van der Waals surface area contributed by atoms with Crippen LogP contribution in [0.4, 0.5) is 0 Å². The Kier molecular flexibility index (Phi) is 30.0. The van der Waals surface area contributed by atoms with E-state index in [-0.39, 0.29) is 19.1 Å². The molecule has 0 aromatic rings. The maximum atomic E-state index is 12.7. The highest BCUT2D eigenvalue weighted by atomic mass is 31.2. The van der Waals surface area contributed by atoms with Gasteiger partial charge in [0.2, 0.25) is 5.91 Å². The SMILES string of the molecule is CC/C=C\C/C=C\C/C=C\C/C=C\C/C=C\CCCCCCCCCC(=O)NC(COP(=O)(O)OCC[N+](C)(C)C)C(O)CCCCC. The number of carbonyl (C=O) groups excluding carboxylic acids is 1. The predicted molar refractivity (Wildman–Crippen MR) is 203 cm³/mol. The van der Waals surface area contributed by atoms with Crippen LogP contribution in [0.5, 0.6) is 0 Å². The lowest BCUT2D eigenvalue weighted by Gasteiger charge is -2.26. The number of nitrogens with one attached hydrogen (secondary N) is 1. The first kappa shape index (κ1) is 46.2. The van der Waals surface area contributed by atoms with Gasteiger partial charge >= 0.3 is 7.82 Å². The summed E-state index contributed by atoms with van der Waals surface area (Å²) >= 11 is 0. The second kappa shape index (κ2) is 31.2. The van der Waals surface area contributed by atoms with E-state index in [0.717, 1.165) is 77.0 Å². The van der Waals surface area contributed by atoms with Crippen LogP contribution in [0.3, 0.4) is 0 Å². The monoisotopic (exact) mass is 696 g/mol. The lowest BCUT2D eigenvalue weighted by molar-refractivity contribution is -0.870. The number of hydrogen-bond acceptors (Lipinski definition) is 5. The van der Waals surface area contributed by atoms with Crippen LogP contribution in [0.1, 0.15) is 129 Å². The van der Waals surface area contributed by atoms with Gasteiger partial charge in [0, 0.05) is 6.42 Å². The molecule has 0 aromatic heterocycles. The number of phosphoric acid groups is 1. The number of rotatable bonds is 32. The Bertz CT molecular complexity index is 970. The van der Waals surface area contributed by atoms with Crippen LogP contribution in [0, 0.1) is 0 Å². The Hall–Kier alpha value is -1.80. The van der Waals surface area contributed by atoms with Crippen molar-refractivity contribution in [2.45, 2.75) is 142 Å². The minimum absolute atomic E-state index is 0.0671. The molecule has 3 unspecified atom stereocenters. The maximum Gasteiger partial charge on any atom is 0.472 e.